The number of amides is 2. The Morgan fingerprint density at radius 3 is 2.56 bits per heavy atom. The van der Waals surface area contributed by atoms with Gasteiger partial charge in [-0.15, -0.1) is 0 Å². The van der Waals surface area contributed by atoms with Crippen LogP contribution in [0.3, 0.4) is 0 Å². The van der Waals surface area contributed by atoms with Gasteiger partial charge in [0, 0.05) is 0 Å². The molecule has 0 bridgehead atoms. The predicted molar refractivity (Wildman–Crippen MR) is 59.6 cm³/mol. The van der Waals surface area contributed by atoms with Gasteiger partial charge < -0.3 is 15.7 Å². The third-order valence-electron chi connectivity index (χ3n) is 2.33. The lowest BCUT2D eigenvalue weighted by atomic mass is 10.2. The quantitative estimate of drug-likeness (QED) is 0.727. The van der Waals surface area contributed by atoms with Crippen molar-refractivity contribution in [1.29, 1.82) is 0 Å². The normalized spacial score (nSPS) is 12.1. The highest BCUT2D eigenvalue weighted by Crippen LogP contribution is 2.19. The zero-order chi connectivity index (χ0) is 13.7. The Morgan fingerprint density at radius 1 is 1.33 bits per heavy atom. The molecule has 1 rings (SSSR count). The monoisotopic (exact) mass is 262 g/mol. The van der Waals surface area contributed by atoms with E-state index in [1.807, 2.05) is 5.32 Å². The van der Waals surface area contributed by atoms with Crippen LogP contribution in [0.1, 0.15) is 13.3 Å². The second-order valence-corrected chi connectivity index (χ2v) is 3.61. The summed E-state index contributed by atoms with van der Waals surface area (Å²) in [6, 6.07) is 0.323. The summed E-state index contributed by atoms with van der Waals surface area (Å²) in [6.07, 6.45) is 0.476. The lowest BCUT2D eigenvalue weighted by Gasteiger charge is -2.15. The Hall–Kier alpha value is -1.76. The van der Waals surface area contributed by atoms with Crippen molar-refractivity contribution in [3.8, 4) is 0 Å². The Balaban J connectivity index is 2.73. The fourth-order valence-corrected chi connectivity index (χ4v) is 1.24. The van der Waals surface area contributed by atoms with Gasteiger partial charge in [0.2, 0.25) is 0 Å². The maximum absolute atomic E-state index is 13.2. The molecule has 7 heteroatoms. The molecular formula is C11H13F3N2O2. The molecule has 3 N–H and O–H groups in total. The van der Waals surface area contributed by atoms with E-state index in [2.05, 4.69) is 5.32 Å². The van der Waals surface area contributed by atoms with Gasteiger partial charge in [0.05, 0.1) is 18.3 Å². The number of nitrogens with one attached hydrogen (secondary N) is 2. The first-order chi connectivity index (χ1) is 8.49. The molecule has 1 aromatic carbocycles. The highest BCUT2D eigenvalue weighted by atomic mass is 19.2. The molecule has 100 valence electrons. The van der Waals surface area contributed by atoms with E-state index in [0.717, 1.165) is 6.07 Å². The average molecular weight is 262 g/mol. The molecule has 0 saturated carbocycles. The molecule has 4 nitrogen and oxygen atoms in total. The van der Waals surface area contributed by atoms with Gasteiger partial charge >= 0.3 is 6.03 Å². The van der Waals surface area contributed by atoms with Crippen LogP contribution < -0.4 is 10.6 Å². The third-order valence-corrected chi connectivity index (χ3v) is 2.33. The van der Waals surface area contributed by atoms with Gasteiger partial charge in [-0.2, -0.15) is 0 Å². The van der Waals surface area contributed by atoms with Gasteiger partial charge in [-0.25, -0.2) is 18.0 Å². The van der Waals surface area contributed by atoms with E-state index in [-0.39, 0.29) is 6.61 Å². The van der Waals surface area contributed by atoms with E-state index in [0.29, 0.717) is 12.5 Å². The number of hydrogen-bond acceptors (Lipinski definition) is 2. The molecule has 0 aliphatic carbocycles. The summed E-state index contributed by atoms with van der Waals surface area (Å²) in [5.74, 6) is -4.45. The average Bonchev–Trinajstić information content (AvgIpc) is 2.36. The first kappa shape index (κ1) is 14.3. The topological polar surface area (TPSA) is 61.4 Å². The van der Waals surface area contributed by atoms with Crippen molar-refractivity contribution in [3.05, 3.63) is 29.6 Å². The fourth-order valence-electron chi connectivity index (χ4n) is 1.24. The summed E-state index contributed by atoms with van der Waals surface area (Å²) in [5, 5.41) is 13.2. The molecule has 1 aromatic rings. The van der Waals surface area contributed by atoms with E-state index >= 15 is 0 Å². The van der Waals surface area contributed by atoms with Crippen LogP contribution in [0.4, 0.5) is 23.7 Å². The highest BCUT2D eigenvalue weighted by molar-refractivity contribution is 5.89. The first-order valence-corrected chi connectivity index (χ1v) is 5.31. The number of benzene rings is 1. The summed E-state index contributed by atoms with van der Waals surface area (Å²) < 4.78 is 38.7. The van der Waals surface area contributed by atoms with Crippen molar-refractivity contribution in [2.45, 2.75) is 19.4 Å². The van der Waals surface area contributed by atoms with Gasteiger partial charge in [0.15, 0.2) is 17.5 Å². The lowest BCUT2D eigenvalue weighted by molar-refractivity contribution is 0.222. The van der Waals surface area contributed by atoms with Crippen LogP contribution in [-0.4, -0.2) is 23.8 Å². The van der Waals surface area contributed by atoms with Crippen molar-refractivity contribution in [3.63, 3.8) is 0 Å². The Labute approximate surface area is 102 Å². The predicted octanol–water partition coefficient (Wildman–Crippen LogP) is 2.00. The molecule has 1 unspecified atom stereocenters. The molecule has 0 aromatic heterocycles. The Kier molecular flexibility index (Phi) is 4.96. The SMILES string of the molecule is CCC(CO)NC(=O)Nc1ccc(F)c(F)c1F. The van der Waals surface area contributed by atoms with Crippen molar-refractivity contribution in [2.75, 3.05) is 11.9 Å². The summed E-state index contributed by atoms with van der Waals surface area (Å²) in [5.41, 5.74) is -0.473. The van der Waals surface area contributed by atoms with Crippen LogP contribution >= 0.6 is 0 Å². The smallest absolute Gasteiger partial charge is 0.319 e. The molecule has 0 fully saturated rings. The third kappa shape index (κ3) is 3.36. The molecule has 0 spiro atoms. The van der Waals surface area contributed by atoms with Crippen LogP contribution in [0, 0.1) is 17.5 Å². The Morgan fingerprint density at radius 2 is 2.00 bits per heavy atom. The molecule has 0 aliphatic rings. The molecule has 1 atom stereocenters. The second kappa shape index (κ2) is 6.25. The second-order valence-electron chi connectivity index (χ2n) is 3.61. The molecule has 0 saturated heterocycles. The van der Waals surface area contributed by atoms with E-state index in [9.17, 15) is 18.0 Å². The van der Waals surface area contributed by atoms with Crippen LogP contribution in [0.25, 0.3) is 0 Å². The van der Waals surface area contributed by atoms with Gasteiger partial charge in [0.1, 0.15) is 0 Å². The summed E-state index contributed by atoms with van der Waals surface area (Å²) >= 11 is 0. The highest BCUT2D eigenvalue weighted by Gasteiger charge is 2.16. The number of rotatable bonds is 4. The molecule has 0 aliphatic heterocycles. The van der Waals surface area contributed by atoms with Crippen LogP contribution in [0.2, 0.25) is 0 Å². The van der Waals surface area contributed by atoms with Crippen LogP contribution in [0.15, 0.2) is 12.1 Å². The zero-order valence-electron chi connectivity index (χ0n) is 9.64. The molecular weight excluding hydrogens is 249 g/mol. The molecule has 0 radical (unpaired) electrons. The van der Waals surface area contributed by atoms with Crippen molar-refractivity contribution in [1.82, 2.24) is 5.32 Å². The van der Waals surface area contributed by atoms with Gasteiger partial charge in [-0.3, -0.25) is 0 Å². The van der Waals surface area contributed by atoms with Crippen molar-refractivity contribution in [2.24, 2.45) is 0 Å². The summed E-state index contributed by atoms with van der Waals surface area (Å²) in [6.45, 7) is 1.46. The molecule has 18 heavy (non-hydrogen) atoms. The summed E-state index contributed by atoms with van der Waals surface area (Å²) in [7, 11) is 0. The minimum atomic E-state index is -1.65. The Bertz CT molecular complexity index is 437. The number of carbonyl (C=O) groups is 1. The number of hydrogen-bond donors (Lipinski definition) is 3. The van der Waals surface area contributed by atoms with E-state index in [1.165, 1.54) is 0 Å². The maximum Gasteiger partial charge on any atom is 0.319 e. The van der Waals surface area contributed by atoms with Crippen molar-refractivity contribution < 1.29 is 23.1 Å². The lowest BCUT2D eigenvalue weighted by Crippen LogP contribution is -2.39. The number of halogens is 3. The van der Waals surface area contributed by atoms with Gasteiger partial charge in [-0.05, 0) is 18.6 Å². The number of urea groups is 1. The van der Waals surface area contributed by atoms with Crippen LogP contribution in [0.5, 0.6) is 0 Å². The van der Waals surface area contributed by atoms with Crippen LogP contribution in [-0.2, 0) is 0 Å². The van der Waals surface area contributed by atoms with Gasteiger partial charge in [-0.1, -0.05) is 6.92 Å². The first-order valence-electron chi connectivity index (χ1n) is 5.31. The van der Waals surface area contributed by atoms with E-state index in [1.54, 1.807) is 6.92 Å². The van der Waals surface area contributed by atoms with E-state index < -0.39 is 35.2 Å². The van der Waals surface area contributed by atoms with Crippen molar-refractivity contribution >= 4 is 11.7 Å². The fraction of sp³-hybridized carbons (Fsp3) is 0.364. The minimum absolute atomic E-state index is 0.274. The zero-order valence-corrected chi connectivity index (χ0v) is 9.64. The summed E-state index contributed by atoms with van der Waals surface area (Å²) in [4.78, 5) is 11.4. The number of aliphatic hydroxyl groups excluding tert-OH is 1. The molecule has 0 heterocycles. The number of anilines is 1. The minimum Gasteiger partial charge on any atom is -0.394 e. The standard InChI is InChI=1S/C11H13F3N2O2/c1-2-6(5-17)15-11(18)16-8-4-3-7(12)9(13)10(8)14/h3-4,6,17H,2,5H2,1H3,(H2,15,16,18). The maximum atomic E-state index is 13.2. The largest absolute Gasteiger partial charge is 0.394 e. The van der Waals surface area contributed by atoms with Gasteiger partial charge in [0.25, 0.3) is 0 Å². The number of carbonyl (C=O) groups excluding carboxylic acids is 1. The molecule has 2 amide bonds. The van der Waals surface area contributed by atoms with E-state index in [4.69, 9.17) is 5.11 Å². The number of aliphatic hydroxyl groups is 1.